The Hall–Kier alpha value is -2.53. The first-order valence-corrected chi connectivity index (χ1v) is 6.06. The van der Waals surface area contributed by atoms with Crippen molar-refractivity contribution in [3.63, 3.8) is 0 Å². The topological polar surface area (TPSA) is 33.0 Å². The Balaban J connectivity index is 2.25. The van der Waals surface area contributed by atoms with Crippen LogP contribution in [0.3, 0.4) is 0 Å². The van der Waals surface area contributed by atoms with Crippen LogP contribution in [0.4, 0.5) is 0 Å². The molecule has 94 valence electrons. The van der Waals surface area contributed by atoms with Gasteiger partial charge in [-0.3, -0.25) is 0 Å². The maximum Gasteiger partial charge on any atom is 0.118 e. The number of allylic oxidation sites excluding steroid dienone is 1. The average molecular weight is 249 g/mol. The van der Waals surface area contributed by atoms with Gasteiger partial charge in [0.15, 0.2) is 0 Å². The molecule has 0 saturated carbocycles. The van der Waals surface area contributed by atoms with Crippen LogP contribution in [-0.2, 0) is 0 Å². The second-order valence-corrected chi connectivity index (χ2v) is 4.29. The SMILES string of the molecule is COc1ccc(-c2ccc(/C=C(/C)C#N)cc2)cc1. The first kappa shape index (κ1) is 12.9. The largest absolute Gasteiger partial charge is 0.497 e. The summed E-state index contributed by atoms with van der Waals surface area (Å²) in [5, 5.41) is 8.75. The molecule has 19 heavy (non-hydrogen) atoms. The van der Waals surface area contributed by atoms with Gasteiger partial charge in [0.25, 0.3) is 0 Å². The lowest BCUT2D eigenvalue weighted by Gasteiger charge is -2.04. The molecule has 0 atom stereocenters. The van der Waals surface area contributed by atoms with Crippen LogP contribution in [0.1, 0.15) is 12.5 Å². The summed E-state index contributed by atoms with van der Waals surface area (Å²) in [5.74, 6) is 0.855. The molecule has 0 unspecified atom stereocenters. The van der Waals surface area contributed by atoms with Crippen LogP contribution in [0, 0.1) is 11.3 Å². The molecule has 2 aromatic carbocycles. The summed E-state index contributed by atoms with van der Waals surface area (Å²) in [6.07, 6.45) is 1.87. The van der Waals surface area contributed by atoms with Crippen LogP contribution in [0.2, 0.25) is 0 Å². The predicted octanol–water partition coefficient (Wildman–Crippen LogP) is 4.29. The molecule has 0 N–H and O–H groups in total. The van der Waals surface area contributed by atoms with Crippen molar-refractivity contribution in [1.29, 1.82) is 5.26 Å². The zero-order valence-corrected chi connectivity index (χ0v) is 11.1. The molecule has 0 radical (unpaired) electrons. The number of ether oxygens (including phenoxy) is 1. The second-order valence-electron chi connectivity index (χ2n) is 4.29. The third kappa shape index (κ3) is 3.23. The Morgan fingerprint density at radius 1 is 1.00 bits per heavy atom. The molecule has 2 heteroatoms. The fourth-order valence-electron chi connectivity index (χ4n) is 1.84. The Bertz CT molecular complexity index is 616. The van der Waals surface area contributed by atoms with Crippen LogP contribution in [0.5, 0.6) is 5.75 Å². The smallest absolute Gasteiger partial charge is 0.118 e. The van der Waals surface area contributed by atoms with E-state index >= 15 is 0 Å². The first-order chi connectivity index (χ1) is 9.22. The van der Waals surface area contributed by atoms with Gasteiger partial charge in [-0.1, -0.05) is 36.4 Å². The standard InChI is InChI=1S/C17H15NO/c1-13(12-18)11-14-3-5-15(6-4-14)16-7-9-17(19-2)10-8-16/h3-11H,1-2H3/b13-11-. The van der Waals surface area contributed by atoms with Crippen LogP contribution in [-0.4, -0.2) is 7.11 Å². The zero-order chi connectivity index (χ0) is 13.7. The van der Waals surface area contributed by atoms with Gasteiger partial charge in [0, 0.05) is 5.57 Å². The Kier molecular flexibility index (Phi) is 4.00. The molecular formula is C17H15NO. The Morgan fingerprint density at radius 3 is 2.00 bits per heavy atom. The van der Waals surface area contributed by atoms with Crippen molar-refractivity contribution in [2.45, 2.75) is 6.92 Å². The summed E-state index contributed by atoms with van der Waals surface area (Å²) in [6.45, 7) is 1.80. The highest BCUT2D eigenvalue weighted by Crippen LogP contribution is 2.23. The van der Waals surface area contributed by atoms with Crippen LogP contribution in [0.15, 0.2) is 54.1 Å². The first-order valence-electron chi connectivity index (χ1n) is 6.06. The van der Waals surface area contributed by atoms with Crippen molar-refractivity contribution < 1.29 is 4.74 Å². The number of rotatable bonds is 3. The predicted molar refractivity (Wildman–Crippen MR) is 77.7 cm³/mol. The molecule has 0 aliphatic rings. The Morgan fingerprint density at radius 2 is 1.53 bits per heavy atom. The molecule has 0 fully saturated rings. The lowest BCUT2D eigenvalue weighted by molar-refractivity contribution is 0.415. The molecule has 2 aromatic rings. The van der Waals surface area contributed by atoms with E-state index in [0.29, 0.717) is 5.57 Å². The second kappa shape index (κ2) is 5.88. The van der Waals surface area contributed by atoms with E-state index in [2.05, 4.69) is 18.2 Å². The van der Waals surface area contributed by atoms with Crippen molar-refractivity contribution in [3.8, 4) is 22.9 Å². The zero-order valence-electron chi connectivity index (χ0n) is 11.1. The van der Waals surface area contributed by atoms with Crippen molar-refractivity contribution in [1.82, 2.24) is 0 Å². The van der Waals surface area contributed by atoms with Gasteiger partial charge in [0.05, 0.1) is 13.2 Å². The van der Waals surface area contributed by atoms with Gasteiger partial charge in [0.1, 0.15) is 5.75 Å². The maximum absolute atomic E-state index is 8.75. The quantitative estimate of drug-likeness (QED) is 0.760. The molecule has 2 nitrogen and oxygen atoms in total. The maximum atomic E-state index is 8.75. The molecular weight excluding hydrogens is 234 g/mol. The van der Waals surface area contributed by atoms with E-state index in [4.69, 9.17) is 10.00 Å². The van der Waals surface area contributed by atoms with Crippen LogP contribution >= 0.6 is 0 Å². The number of nitriles is 1. The highest BCUT2D eigenvalue weighted by Gasteiger charge is 1.98. The minimum absolute atomic E-state index is 0.706. The van der Waals surface area contributed by atoms with Gasteiger partial charge in [-0.15, -0.1) is 0 Å². The van der Waals surface area contributed by atoms with Crippen molar-refractivity contribution >= 4 is 6.08 Å². The van der Waals surface area contributed by atoms with Gasteiger partial charge in [-0.05, 0) is 41.8 Å². The van der Waals surface area contributed by atoms with Gasteiger partial charge >= 0.3 is 0 Å². The third-order valence-electron chi connectivity index (χ3n) is 2.89. The molecule has 0 heterocycles. The van der Waals surface area contributed by atoms with Crippen LogP contribution in [0.25, 0.3) is 17.2 Å². The number of nitrogens with zero attached hydrogens (tertiary/aromatic N) is 1. The van der Waals surface area contributed by atoms with E-state index in [1.807, 2.05) is 42.5 Å². The summed E-state index contributed by atoms with van der Waals surface area (Å²) < 4.78 is 5.14. The average Bonchev–Trinajstić information content (AvgIpc) is 2.48. The van der Waals surface area contributed by atoms with E-state index in [1.165, 1.54) is 0 Å². The number of methoxy groups -OCH3 is 1. The lowest BCUT2D eigenvalue weighted by Crippen LogP contribution is -1.83. The van der Waals surface area contributed by atoms with Gasteiger partial charge in [-0.25, -0.2) is 0 Å². The summed E-state index contributed by atoms with van der Waals surface area (Å²) in [7, 11) is 1.66. The highest BCUT2D eigenvalue weighted by atomic mass is 16.5. The number of hydrogen-bond acceptors (Lipinski definition) is 2. The number of hydrogen-bond donors (Lipinski definition) is 0. The normalized spacial score (nSPS) is 10.9. The summed E-state index contributed by atoms with van der Waals surface area (Å²) in [5.41, 5.74) is 4.04. The van der Waals surface area contributed by atoms with Gasteiger partial charge in [0.2, 0.25) is 0 Å². The Labute approximate surface area is 113 Å². The number of benzene rings is 2. The minimum Gasteiger partial charge on any atom is -0.497 e. The summed E-state index contributed by atoms with van der Waals surface area (Å²) in [4.78, 5) is 0. The van der Waals surface area contributed by atoms with Crippen molar-refractivity contribution in [2.75, 3.05) is 7.11 Å². The fraction of sp³-hybridized carbons (Fsp3) is 0.118. The molecule has 0 spiro atoms. The molecule has 0 amide bonds. The summed E-state index contributed by atoms with van der Waals surface area (Å²) in [6, 6.07) is 18.2. The highest BCUT2D eigenvalue weighted by molar-refractivity contribution is 5.67. The molecule has 0 bridgehead atoms. The molecule has 0 saturated heterocycles. The molecule has 0 aromatic heterocycles. The van der Waals surface area contributed by atoms with Crippen molar-refractivity contribution in [2.24, 2.45) is 0 Å². The van der Waals surface area contributed by atoms with E-state index in [-0.39, 0.29) is 0 Å². The summed E-state index contributed by atoms with van der Waals surface area (Å²) >= 11 is 0. The third-order valence-corrected chi connectivity index (χ3v) is 2.89. The van der Waals surface area contributed by atoms with E-state index in [9.17, 15) is 0 Å². The van der Waals surface area contributed by atoms with E-state index in [1.54, 1.807) is 14.0 Å². The van der Waals surface area contributed by atoms with Crippen molar-refractivity contribution in [3.05, 3.63) is 59.7 Å². The molecule has 2 rings (SSSR count). The lowest BCUT2D eigenvalue weighted by atomic mass is 10.0. The monoisotopic (exact) mass is 249 g/mol. The van der Waals surface area contributed by atoms with Crippen LogP contribution < -0.4 is 4.74 Å². The molecule has 0 aliphatic heterocycles. The molecule has 0 aliphatic carbocycles. The van der Waals surface area contributed by atoms with Gasteiger partial charge in [-0.2, -0.15) is 5.26 Å². The van der Waals surface area contributed by atoms with E-state index in [0.717, 1.165) is 22.4 Å². The minimum atomic E-state index is 0.706. The van der Waals surface area contributed by atoms with Gasteiger partial charge < -0.3 is 4.74 Å². The van der Waals surface area contributed by atoms with E-state index < -0.39 is 0 Å². The fourth-order valence-corrected chi connectivity index (χ4v) is 1.84.